The molecule has 1 fully saturated rings. The number of aliphatic hydroxyl groups is 2. The maximum Gasteiger partial charge on any atom is 0.286 e. The highest BCUT2D eigenvalue weighted by Crippen LogP contribution is 2.36. The Balaban J connectivity index is 1.42. The van der Waals surface area contributed by atoms with Crippen LogP contribution in [0.25, 0.3) is 0 Å². The third-order valence-corrected chi connectivity index (χ3v) is 5.02. The first-order chi connectivity index (χ1) is 14.5. The van der Waals surface area contributed by atoms with E-state index >= 15 is 0 Å². The number of fused-ring (bicyclic) bond motifs is 1. The molecule has 1 saturated heterocycles. The molecule has 0 spiro atoms. The monoisotopic (exact) mass is 421 g/mol. The lowest BCUT2D eigenvalue weighted by molar-refractivity contribution is -0.384. The maximum atomic E-state index is 14.1. The van der Waals surface area contributed by atoms with Gasteiger partial charge in [0, 0.05) is 18.6 Å². The van der Waals surface area contributed by atoms with Crippen LogP contribution in [0.3, 0.4) is 0 Å². The molecule has 1 aromatic heterocycles. The van der Waals surface area contributed by atoms with Crippen LogP contribution in [0.15, 0.2) is 35.6 Å². The number of benzene rings is 1. The molecular weight excluding hydrogens is 401 g/mol. The number of nitro groups is 1. The molecule has 0 aliphatic carbocycles. The second-order valence-corrected chi connectivity index (χ2v) is 6.94. The SMILES string of the molecule is O=[N+]([O-])c1ccc(CCOC2N=C(F)Nc3c2ncn3[C@H]2C[C@H](O)[C@@H](CO)O2)cc1. The maximum absolute atomic E-state index is 14.1. The number of aromatic nitrogens is 2. The lowest BCUT2D eigenvalue weighted by Gasteiger charge is -2.22. The van der Waals surface area contributed by atoms with Crippen LogP contribution in [-0.4, -0.2) is 56.2 Å². The highest BCUT2D eigenvalue weighted by Gasteiger charge is 2.37. The van der Waals surface area contributed by atoms with Crippen LogP contribution >= 0.6 is 0 Å². The van der Waals surface area contributed by atoms with Crippen molar-refractivity contribution in [1.29, 1.82) is 0 Å². The van der Waals surface area contributed by atoms with Crippen molar-refractivity contribution in [3.63, 3.8) is 0 Å². The highest BCUT2D eigenvalue weighted by atomic mass is 19.1. The molecule has 1 unspecified atom stereocenters. The number of ether oxygens (including phenoxy) is 2. The summed E-state index contributed by atoms with van der Waals surface area (Å²) in [6.45, 7) is -0.136. The molecule has 160 valence electrons. The molecule has 3 heterocycles. The number of anilines is 1. The lowest BCUT2D eigenvalue weighted by Crippen LogP contribution is -2.24. The number of non-ortho nitro benzene ring substituents is 1. The van der Waals surface area contributed by atoms with Gasteiger partial charge in [-0.25, -0.2) is 9.98 Å². The Morgan fingerprint density at radius 1 is 1.40 bits per heavy atom. The standard InChI is InChI=1S/C18H20FN5O6/c19-18-21-16-15(20-9-23(16)14-7-12(26)13(8-25)30-14)17(22-18)29-6-5-10-1-3-11(4-2-10)24(27)28/h1-4,9,12-14,17,25-26H,5-8H2,(H,21,22)/t12-,13+,14+,17?/m0/s1. The van der Waals surface area contributed by atoms with Crippen molar-refractivity contribution < 1.29 is 29.0 Å². The fraction of sp³-hybridized carbons (Fsp3) is 0.444. The fourth-order valence-electron chi connectivity index (χ4n) is 3.44. The van der Waals surface area contributed by atoms with Crippen molar-refractivity contribution in [2.24, 2.45) is 4.99 Å². The summed E-state index contributed by atoms with van der Waals surface area (Å²) in [5.74, 6) is 0.304. The Labute approximate surface area is 169 Å². The van der Waals surface area contributed by atoms with Gasteiger partial charge in [-0.2, -0.15) is 4.39 Å². The first-order valence-electron chi connectivity index (χ1n) is 9.32. The van der Waals surface area contributed by atoms with Crippen molar-refractivity contribution in [3.8, 4) is 0 Å². The molecule has 2 aliphatic rings. The number of hydrogen-bond donors (Lipinski definition) is 3. The van der Waals surface area contributed by atoms with Crippen LogP contribution < -0.4 is 5.32 Å². The van der Waals surface area contributed by atoms with Crippen molar-refractivity contribution in [3.05, 3.63) is 52.0 Å². The minimum absolute atomic E-state index is 0.00237. The minimum atomic E-state index is -0.972. The lowest BCUT2D eigenvalue weighted by atomic mass is 10.1. The van der Waals surface area contributed by atoms with Gasteiger partial charge >= 0.3 is 0 Å². The van der Waals surface area contributed by atoms with E-state index in [9.17, 15) is 24.7 Å². The zero-order valence-corrected chi connectivity index (χ0v) is 15.7. The average molecular weight is 421 g/mol. The average Bonchev–Trinajstić information content (AvgIpc) is 3.31. The molecule has 11 nitrogen and oxygen atoms in total. The summed E-state index contributed by atoms with van der Waals surface area (Å²) in [4.78, 5) is 18.3. The summed E-state index contributed by atoms with van der Waals surface area (Å²) in [7, 11) is 0. The van der Waals surface area contributed by atoms with Gasteiger partial charge in [0.05, 0.1) is 30.6 Å². The van der Waals surface area contributed by atoms with Crippen molar-refractivity contribution in [1.82, 2.24) is 9.55 Å². The molecule has 12 heteroatoms. The number of aliphatic hydroxyl groups excluding tert-OH is 2. The summed E-state index contributed by atoms with van der Waals surface area (Å²) in [5, 5.41) is 32.4. The van der Waals surface area contributed by atoms with E-state index < -0.39 is 35.7 Å². The molecule has 0 radical (unpaired) electrons. The first-order valence-corrected chi connectivity index (χ1v) is 9.32. The number of aliphatic imine (C=N–C) groups is 1. The number of nitrogens with zero attached hydrogens (tertiary/aromatic N) is 4. The van der Waals surface area contributed by atoms with Crippen molar-refractivity contribution in [2.45, 2.75) is 37.5 Å². The van der Waals surface area contributed by atoms with Crippen LogP contribution in [0.2, 0.25) is 0 Å². The molecule has 3 N–H and O–H groups in total. The van der Waals surface area contributed by atoms with Gasteiger partial charge in [0.15, 0.2) is 6.23 Å². The Hall–Kier alpha value is -2.93. The Morgan fingerprint density at radius 2 is 2.17 bits per heavy atom. The normalized spacial score (nSPS) is 25.5. The van der Waals surface area contributed by atoms with E-state index in [4.69, 9.17) is 9.47 Å². The molecule has 0 bridgehead atoms. The van der Waals surface area contributed by atoms with Gasteiger partial charge in [0.2, 0.25) is 0 Å². The fourth-order valence-corrected chi connectivity index (χ4v) is 3.44. The third kappa shape index (κ3) is 4.03. The van der Waals surface area contributed by atoms with Crippen molar-refractivity contribution >= 4 is 17.6 Å². The second-order valence-electron chi connectivity index (χ2n) is 6.94. The number of rotatable bonds is 7. The van der Waals surface area contributed by atoms with E-state index in [2.05, 4.69) is 15.3 Å². The molecule has 4 rings (SSSR count). The summed E-state index contributed by atoms with van der Waals surface area (Å²) >= 11 is 0. The third-order valence-electron chi connectivity index (χ3n) is 5.02. The number of nitro benzene ring substituents is 1. The van der Waals surface area contributed by atoms with Crippen LogP contribution in [0, 0.1) is 10.1 Å². The smallest absolute Gasteiger partial charge is 0.286 e. The molecule has 0 amide bonds. The summed E-state index contributed by atoms with van der Waals surface area (Å²) < 4.78 is 26.9. The van der Waals surface area contributed by atoms with Crippen molar-refractivity contribution in [2.75, 3.05) is 18.5 Å². The topological polar surface area (TPSA) is 144 Å². The van der Waals surface area contributed by atoms with Gasteiger partial charge in [-0.3, -0.25) is 14.7 Å². The van der Waals surface area contributed by atoms with Gasteiger partial charge in [-0.05, 0) is 12.0 Å². The number of nitrogens with one attached hydrogen (secondary N) is 1. The van der Waals surface area contributed by atoms with Crippen LogP contribution in [-0.2, 0) is 15.9 Å². The number of imidazole rings is 1. The predicted octanol–water partition coefficient (Wildman–Crippen LogP) is 1.44. The molecular formula is C18H20FN5O6. The quantitative estimate of drug-likeness (QED) is 0.346. The first kappa shape index (κ1) is 20.3. The Bertz CT molecular complexity index is 949. The van der Waals surface area contributed by atoms with Gasteiger partial charge in [0.25, 0.3) is 11.8 Å². The number of halogens is 1. The summed E-state index contributed by atoms with van der Waals surface area (Å²) in [6.07, 6.45) is -1.88. The van der Waals surface area contributed by atoms with E-state index in [1.54, 1.807) is 12.1 Å². The molecule has 2 aromatic rings. The zero-order chi connectivity index (χ0) is 21.3. The molecule has 30 heavy (non-hydrogen) atoms. The highest BCUT2D eigenvalue weighted by molar-refractivity contribution is 5.89. The molecule has 4 atom stereocenters. The van der Waals surface area contributed by atoms with Crippen LogP contribution in [0.5, 0.6) is 0 Å². The van der Waals surface area contributed by atoms with E-state index in [1.165, 1.54) is 23.0 Å². The van der Waals surface area contributed by atoms with Crippen LogP contribution in [0.1, 0.15) is 30.1 Å². The Kier molecular flexibility index (Phi) is 5.72. The van der Waals surface area contributed by atoms with Gasteiger partial charge in [-0.1, -0.05) is 12.1 Å². The number of hydrogen-bond acceptors (Lipinski definition) is 9. The molecule has 2 aliphatic heterocycles. The molecule has 1 aromatic carbocycles. The van der Waals surface area contributed by atoms with Gasteiger partial charge in [0.1, 0.15) is 23.8 Å². The summed E-state index contributed by atoms with van der Waals surface area (Å²) in [6, 6.07) is 6.09. The Morgan fingerprint density at radius 3 is 2.83 bits per heavy atom. The number of amidine groups is 1. The van der Waals surface area contributed by atoms with E-state index in [1.807, 2.05) is 0 Å². The molecule has 0 saturated carbocycles. The van der Waals surface area contributed by atoms with E-state index in [-0.39, 0.29) is 25.3 Å². The second kappa shape index (κ2) is 8.44. The minimum Gasteiger partial charge on any atom is -0.394 e. The summed E-state index contributed by atoms with van der Waals surface area (Å²) in [5.41, 5.74) is 1.20. The largest absolute Gasteiger partial charge is 0.394 e. The van der Waals surface area contributed by atoms with Gasteiger partial charge < -0.3 is 25.0 Å². The predicted molar refractivity (Wildman–Crippen MR) is 102 cm³/mol. The van der Waals surface area contributed by atoms with Crippen LogP contribution in [0.4, 0.5) is 15.9 Å². The van der Waals surface area contributed by atoms with E-state index in [0.717, 1.165) is 5.56 Å². The zero-order valence-electron chi connectivity index (χ0n) is 15.7. The van der Waals surface area contributed by atoms with E-state index in [0.29, 0.717) is 17.9 Å². The van der Waals surface area contributed by atoms with Gasteiger partial charge in [-0.15, -0.1) is 0 Å².